The average molecular weight is 225 g/mol. The van der Waals surface area contributed by atoms with Crippen molar-refractivity contribution >= 4 is 11.9 Å². The number of rotatable bonds is 3. The molecule has 0 aliphatic carbocycles. The van der Waals surface area contributed by atoms with Gasteiger partial charge < -0.3 is 9.64 Å². The Bertz CT molecular complexity index is 311. The Morgan fingerprint density at radius 3 is 2.81 bits per heavy atom. The lowest BCUT2D eigenvalue weighted by Crippen LogP contribution is -2.41. The standard InChI is InChI=1S/C12H19NO3/c1-5-9(12(15)16-4)10-6-7-13(3)11(14)8(10)2/h9-10H,2,5-7H2,1,3-4H3/t9-,10+/m1/s1. The first-order valence-corrected chi connectivity index (χ1v) is 5.55. The number of methoxy groups -OCH3 is 1. The smallest absolute Gasteiger partial charge is 0.309 e. The second kappa shape index (κ2) is 5.14. The third-order valence-corrected chi connectivity index (χ3v) is 3.27. The maximum atomic E-state index is 11.7. The lowest BCUT2D eigenvalue weighted by atomic mass is 9.79. The summed E-state index contributed by atoms with van der Waals surface area (Å²) in [6.07, 6.45) is 1.46. The summed E-state index contributed by atoms with van der Waals surface area (Å²) < 4.78 is 4.76. The molecule has 0 saturated carbocycles. The van der Waals surface area contributed by atoms with Crippen LogP contribution in [0, 0.1) is 11.8 Å². The largest absolute Gasteiger partial charge is 0.469 e. The van der Waals surface area contributed by atoms with Crippen molar-refractivity contribution in [1.82, 2.24) is 4.90 Å². The Labute approximate surface area is 96.3 Å². The van der Waals surface area contributed by atoms with Gasteiger partial charge >= 0.3 is 5.97 Å². The van der Waals surface area contributed by atoms with Crippen LogP contribution in [0.1, 0.15) is 19.8 Å². The summed E-state index contributed by atoms with van der Waals surface area (Å²) in [6.45, 7) is 6.42. The Hall–Kier alpha value is -1.32. The number of carbonyl (C=O) groups excluding carboxylic acids is 2. The summed E-state index contributed by atoms with van der Waals surface area (Å²) in [5.41, 5.74) is 0.533. The van der Waals surface area contributed by atoms with Crippen molar-refractivity contribution in [2.45, 2.75) is 19.8 Å². The van der Waals surface area contributed by atoms with Gasteiger partial charge in [-0.25, -0.2) is 0 Å². The molecule has 1 rings (SSSR count). The molecule has 0 aromatic rings. The molecule has 1 heterocycles. The van der Waals surface area contributed by atoms with Crippen LogP contribution in [0.5, 0.6) is 0 Å². The maximum Gasteiger partial charge on any atom is 0.309 e. The molecule has 0 radical (unpaired) electrons. The van der Waals surface area contributed by atoms with Crippen LogP contribution in [0.3, 0.4) is 0 Å². The van der Waals surface area contributed by atoms with Crippen LogP contribution in [-0.2, 0) is 14.3 Å². The predicted molar refractivity (Wildman–Crippen MR) is 60.7 cm³/mol. The summed E-state index contributed by atoms with van der Waals surface area (Å²) in [5.74, 6) is -0.610. The summed E-state index contributed by atoms with van der Waals surface area (Å²) >= 11 is 0. The SMILES string of the molecule is C=C1C(=O)N(C)CC[C@@H]1[C@@H](CC)C(=O)OC. The van der Waals surface area contributed by atoms with Gasteiger partial charge in [-0.1, -0.05) is 13.5 Å². The van der Waals surface area contributed by atoms with Crippen LogP contribution in [0.15, 0.2) is 12.2 Å². The van der Waals surface area contributed by atoms with Gasteiger partial charge in [-0.05, 0) is 12.8 Å². The molecule has 0 bridgehead atoms. The number of hydrogen-bond acceptors (Lipinski definition) is 3. The first-order chi connectivity index (χ1) is 7.52. The van der Waals surface area contributed by atoms with Gasteiger partial charge in [0.2, 0.25) is 5.91 Å². The maximum absolute atomic E-state index is 11.7. The van der Waals surface area contributed by atoms with E-state index in [2.05, 4.69) is 6.58 Å². The fourth-order valence-electron chi connectivity index (χ4n) is 2.22. The summed E-state index contributed by atoms with van der Waals surface area (Å²) in [7, 11) is 3.13. The van der Waals surface area contributed by atoms with Crippen LogP contribution in [-0.4, -0.2) is 37.5 Å². The zero-order valence-electron chi connectivity index (χ0n) is 10.2. The van der Waals surface area contributed by atoms with Crippen LogP contribution in [0.25, 0.3) is 0 Å². The Morgan fingerprint density at radius 1 is 1.69 bits per heavy atom. The normalized spacial score (nSPS) is 23.2. The topological polar surface area (TPSA) is 46.6 Å². The van der Waals surface area contributed by atoms with E-state index < -0.39 is 0 Å². The highest BCUT2D eigenvalue weighted by molar-refractivity contribution is 5.94. The number of amides is 1. The molecule has 1 fully saturated rings. The van der Waals surface area contributed by atoms with Crippen molar-refractivity contribution < 1.29 is 14.3 Å². The van der Waals surface area contributed by atoms with E-state index in [1.54, 1.807) is 11.9 Å². The molecule has 4 nitrogen and oxygen atoms in total. The first kappa shape index (κ1) is 12.7. The van der Waals surface area contributed by atoms with E-state index in [0.717, 1.165) is 6.42 Å². The van der Waals surface area contributed by atoms with Gasteiger partial charge in [0.1, 0.15) is 0 Å². The van der Waals surface area contributed by atoms with E-state index >= 15 is 0 Å². The zero-order valence-corrected chi connectivity index (χ0v) is 10.2. The molecule has 0 aromatic heterocycles. The number of hydrogen-bond donors (Lipinski definition) is 0. The zero-order chi connectivity index (χ0) is 12.3. The molecule has 16 heavy (non-hydrogen) atoms. The predicted octanol–water partition coefficient (Wildman–Crippen LogP) is 1.22. The van der Waals surface area contributed by atoms with Gasteiger partial charge in [-0.2, -0.15) is 0 Å². The van der Waals surface area contributed by atoms with Crippen LogP contribution < -0.4 is 0 Å². The van der Waals surface area contributed by atoms with E-state index in [-0.39, 0.29) is 23.7 Å². The second-order valence-electron chi connectivity index (χ2n) is 4.19. The summed E-state index contributed by atoms with van der Waals surface area (Å²) in [6, 6.07) is 0. The number of esters is 1. The molecule has 0 aromatic carbocycles. The van der Waals surface area contributed by atoms with Gasteiger partial charge in [0.25, 0.3) is 0 Å². The third kappa shape index (κ3) is 2.26. The van der Waals surface area contributed by atoms with E-state index in [1.165, 1.54) is 7.11 Å². The molecule has 0 N–H and O–H groups in total. The number of piperidine rings is 1. The molecular weight excluding hydrogens is 206 g/mol. The van der Waals surface area contributed by atoms with Gasteiger partial charge in [0.05, 0.1) is 13.0 Å². The molecule has 0 unspecified atom stereocenters. The van der Waals surface area contributed by atoms with E-state index in [0.29, 0.717) is 18.5 Å². The number of nitrogens with zero attached hydrogens (tertiary/aromatic N) is 1. The van der Waals surface area contributed by atoms with E-state index in [4.69, 9.17) is 4.74 Å². The van der Waals surface area contributed by atoms with Crippen molar-refractivity contribution in [3.8, 4) is 0 Å². The summed E-state index contributed by atoms with van der Waals surface area (Å²) in [5, 5.41) is 0. The number of likely N-dealkylation sites (N-methyl/N-ethyl adjacent to an activating group) is 1. The highest BCUT2D eigenvalue weighted by atomic mass is 16.5. The molecule has 0 spiro atoms. The van der Waals surface area contributed by atoms with E-state index in [9.17, 15) is 9.59 Å². The number of ether oxygens (including phenoxy) is 1. The van der Waals surface area contributed by atoms with Gasteiger partial charge in [0, 0.05) is 25.1 Å². The molecule has 1 amide bonds. The molecule has 1 saturated heterocycles. The third-order valence-electron chi connectivity index (χ3n) is 3.27. The second-order valence-corrected chi connectivity index (χ2v) is 4.19. The number of carbonyl (C=O) groups is 2. The molecular formula is C12H19NO3. The van der Waals surface area contributed by atoms with Gasteiger partial charge in [0.15, 0.2) is 0 Å². The lowest BCUT2D eigenvalue weighted by Gasteiger charge is -2.34. The lowest BCUT2D eigenvalue weighted by molar-refractivity contribution is -0.147. The monoisotopic (exact) mass is 225 g/mol. The Kier molecular flexibility index (Phi) is 4.10. The number of likely N-dealkylation sites (tertiary alicyclic amines) is 1. The minimum absolute atomic E-state index is 0.0568. The van der Waals surface area contributed by atoms with Crippen LogP contribution in [0.2, 0.25) is 0 Å². The van der Waals surface area contributed by atoms with Crippen molar-refractivity contribution in [2.24, 2.45) is 11.8 Å². The molecule has 4 heteroatoms. The summed E-state index contributed by atoms with van der Waals surface area (Å²) in [4.78, 5) is 25.0. The average Bonchev–Trinajstić information content (AvgIpc) is 2.29. The Balaban J connectivity index is 2.83. The molecule has 2 atom stereocenters. The Morgan fingerprint density at radius 2 is 2.31 bits per heavy atom. The first-order valence-electron chi connectivity index (χ1n) is 5.55. The van der Waals surface area contributed by atoms with Crippen LogP contribution >= 0.6 is 0 Å². The minimum Gasteiger partial charge on any atom is -0.469 e. The van der Waals surface area contributed by atoms with Crippen LogP contribution in [0.4, 0.5) is 0 Å². The molecule has 1 aliphatic heterocycles. The minimum atomic E-state index is -0.244. The highest BCUT2D eigenvalue weighted by Crippen LogP contribution is 2.31. The van der Waals surface area contributed by atoms with Crippen molar-refractivity contribution in [3.63, 3.8) is 0 Å². The fraction of sp³-hybridized carbons (Fsp3) is 0.667. The van der Waals surface area contributed by atoms with E-state index in [1.807, 2.05) is 6.92 Å². The molecule has 1 aliphatic rings. The van der Waals surface area contributed by atoms with Crippen molar-refractivity contribution in [1.29, 1.82) is 0 Å². The highest BCUT2D eigenvalue weighted by Gasteiger charge is 2.36. The van der Waals surface area contributed by atoms with Gasteiger partial charge in [-0.15, -0.1) is 0 Å². The quantitative estimate of drug-likeness (QED) is 0.536. The van der Waals surface area contributed by atoms with Crippen molar-refractivity contribution in [2.75, 3.05) is 20.7 Å². The van der Waals surface area contributed by atoms with Gasteiger partial charge in [-0.3, -0.25) is 9.59 Å². The fourth-order valence-corrected chi connectivity index (χ4v) is 2.22. The molecule has 90 valence electrons. The van der Waals surface area contributed by atoms with Crippen molar-refractivity contribution in [3.05, 3.63) is 12.2 Å².